The van der Waals surface area contributed by atoms with E-state index in [2.05, 4.69) is 35.1 Å². The molecule has 11 heteroatoms. The van der Waals surface area contributed by atoms with E-state index in [1.807, 2.05) is 40.9 Å². The van der Waals surface area contributed by atoms with Crippen molar-refractivity contribution in [3.8, 4) is 0 Å². The zero-order valence-corrected chi connectivity index (χ0v) is 27.1. The molecule has 2 atom stereocenters. The molecule has 5 N–H and O–H groups in total. The molecule has 0 fully saturated rings. The zero-order valence-electron chi connectivity index (χ0n) is 26.3. The number of ketones is 1. The van der Waals surface area contributed by atoms with E-state index < -0.39 is 24.0 Å². The van der Waals surface area contributed by atoms with Gasteiger partial charge in [0.1, 0.15) is 11.8 Å². The quantitative estimate of drug-likeness (QED) is 0.126. The molecule has 0 aromatic carbocycles. The van der Waals surface area contributed by atoms with Crippen LogP contribution in [0.4, 0.5) is 0 Å². The second kappa shape index (κ2) is 29.8. The van der Waals surface area contributed by atoms with Crippen LogP contribution < -0.4 is 21.3 Å². The van der Waals surface area contributed by atoms with E-state index in [0.29, 0.717) is 58.0 Å². The fourth-order valence-electron chi connectivity index (χ4n) is 3.26. The Morgan fingerprint density at radius 2 is 1.40 bits per heavy atom. The number of carbonyl (C=O) groups excluding carboxylic acids is 4. The van der Waals surface area contributed by atoms with Crippen LogP contribution in [-0.2, 0) is 24.0 Å². The fraction of sp³-hybridized carbons (Fsp3) is 0.828. The lowest BCUT2D eigenvalue weighted by molar-refractivity contribution is -0.142. The summed E-state index contributed by atoms with van der Waals surface area (Å²) < 4.78 is 0. The fourth-order valence-corrected chi connectivity index (χ4v) is 3.74. The highest BCUT2D eigenvalue weighted by Gasteiger charge is 2.21. The van der Waals surface area contributed by atoms with Crippen molar-refractivity contribution in [3.05, 3.63) is 0 Å². The number of Topliss-reactive ketones (excluding diaryl/α,β-unsaturated/α-hetero) is 1. The Labute approximate surface area is 247 Å². The van der Waals surface area contributed by atoms with Gasteiger partial charge in [-0.05, 0) is 57.1 Å². The molecule has 0 aromatic heterocycles. The number of amides is 3. The number of unbranched alkanes of at least 4 members (excludes halogenated alkanes) is 2. The van der Waals surface area contributed by atoms with Crippen LogP contribution in [0.25, 0.3) is 0 Å². The summed E-state index contributed by atoms with van der Waals surface area (Å²) in [5.74, 6) is -1.05. The molecular weight excluding hydrogens is 532 g/mol. The average Bonchev–Trinajstić information content (AvgIpc) is 2.92. The third kappa shape index (κ3) is 26.1. The highest BCUT2D eigenvalue weighted by molar-refractivity contribution is 7.98. The number of hydrogen-bond acceptors (Lipinski definition) is 7. The van der Waals surface area contributed by atoms with E-state index in [-0.39, 0.29) is 36.5 Å². The number of aliphatic carboxylic acids is 1. The highest BCUT2D eigenvalue weighted by Crippen LogP contribution is 2.06. The molecule has 0 saturated carbocycles. The molecule has 10 nitrogen and oxygen atoms in total. The second-order valence-corrected chi connectivity index (χ2v) is 10.4. The van der Waals surface area contributed by atoms with Crippen molar-refractivity contribution in [3.63, 3.8) is 0 Å². The van der Waals surface area contributed by atoms with Gasteiger partial charge < -0.3 is 26.4 Å². The predicted octanol–water partition coefficient (Wildman–Crippen LogP) is 3.92. The third-order valence-corrected chi connectivity index (χ3v) is 6.04. The standard InChI is InChI=1S/C24H44N4O6S.C3H8.C2H6/c1-5-25-18(13-15-35-4)23(32)27-16-22(31)28-19(24(33)34)10-8-9-14-26-21(30)12-7-6-11-20(29)17(2)3;1-3-2;1-2/h17-19,25H,5-16H2,1-4H3,(H,26,30)(H,27,32)(H,28,31)(H,33,34);3H2,1-2H3;1-2H3. The average molecular weight is 591 g/mol. The molecule has 236 valence electrons. The number of nitrogens with one attached hydrogen (secondary N) is 4. The minimum absolute atomic E-state index is 0.0206. The van der Waals surface area contributed by atoms with Crippen LogP contribution in [0.5, 0.6) is 0 Å². The number of carboxylic acids is 1. The maximum atomic E-state index is 12.3. The van der Waals surface area contributed by atoms with E-state index in [1.165, 1.54) is 6.42 Å². The minimum atomic E-state index is -1.14. The molecule has 0 spiro atoms. The first-order valence-corrected chi connectivity index (χ1v) is 16.2. The van der Waals surface area contributed by atoms with Gasteiger partial charge in [-0.15, -0.1) is 0 Å². The van der Waals surface area contributed by atoms with Gasteiger partial charge in [-0.2, -0.15) is 11.8 Å². The van der Waals surface area contributed by atoms with E-state index in [4.69, 9.17) is 0 Å². The molecule has 0 radical (unpaired) electrons. The molecule has 0 rings (SSSR count). The van der Waals surface area contributed by atoms with Gasteiger partial charge in [0, 0.05) is 25.3 Å². The summed E-state index contributed by atoms with van der Waals surface area (Å²) in [6, 6.07) is -1.46. The van der Waals surface area contributed by atoms with Crippen LogP contribution in [0.1, 0.15) is 106 Å². The van der Waals surface area contributed by atoms with Gasteiger partial charge in [-0.3, -0.25) is 19.2 Å². The lowest BCUT2D eigenvalue weighted by Gasteiger charge is -2.18. The molecular formula is C29H58N4O6S. The Kier molecular flexibility index (Phi) is 31.6. The first-order valence-electron chi connectivity index (χ1n) is 14.8. The van der Waals surface area contributed by atoms with Gasteiger partial charge in [-0.1, -0.05) is 54.9 Å². The van der Waals surface area contributed by atoms with E-state index >= 15 is 0 Å². The lowest BCUT2D eigenvalue weighted by atomic mass is 10.0. The molecule has 0 saturated heterocycles. The molecule has 40 heavy (non-hydrogen) atoms. The van der Waals surface area contributed by atoms with Crippen molar-refractivity contribution in [2.24, 2.45) is 5.92 Å². The van der Waals surface area contributed by atoms with Crippen molar-refractivity contribution < 1.29 is 29.1 Å². The predicted molar refractivity (Wildman–Crippen MR) is 166 cm³/mol. The van der Waals surface area contributed by atoms with Crippen LogP contribution >= 0.6 is 11.8 Å². The Morgan fingerprint density at radius 1 is 0.800 bits per heavy atom. The summed E-state index contributed by atoms with van der Waals surface area (Å²) in [7, 11) is 0. The number of likely N-dealkylation sites (N-methyl/N-ethyl adjacent to an activating group) is 1. The van der Waals surface area contributed by atoms with Crippen LogP contribution in [0.2, 0.25) is 0 Å². The van der Waals surface area contributed by atoms with Crippen molar-refractivity contribution in [2.45, 2.75) is 118 Å². The van der Waals surface area contributed by atoms with Crippen molar-refractivity contribution in [1.82, 2.24) is 21.3 Å². The van der Waals surface area contributed by atoms with E-state index in [1.54, 1.807) is 11.8 Å². The monoisotopic (exact) mass is 590 g/mol. The smallest absolute Gasteiger partial charge is 0.326 e. The number of carbonyl (C=O) groups is 5. The number of thioether (sulfide) groups is 1. The van der Waals surface area contributed by atoms with Gasteiger partial charge >= 0.3 is 5.97 Å². The largest absolute Gasteiger partial charge is 0.480 e. The third-order valence-electron chi connectivity index (χ3n) is 5.40. The maximum absolute atomic E-state index is 12.3. The van der Waals surface area contributed by atoms with Crippen molar-refractivity contribution in [2.75, 3.05) is 31.6 Å². The zero-order chi connectivity index (χ0) is 31.3. The second-order valence-electron chi connectivity index (χ2n) is 9.45. The first-order chi connectivity index (χ1) is 19.0. The maximum Gasteiger partial charge on any atom is 0.326 e. The van der Waals surface area contributed by atoms with Gasteiger partial charge in [-0.25, -0.2) is 4.79 Å². The van der Waals surface area contributed by atoms with Gasteiger partial charge in [0.2, 0.25) is 17.7 Å². The normalized spacial score (nSPS) is 11.6. The van der Waals surface area contributed by atoms with Crippen molar-refractivity contribution in [1.29, 1.82) is 0 Å². The van der Waals surface area contributed by atoms with Gasteiger partial charge in [0.15, 0.2) is 0 Å². The minimum Gasteiger partial charge on any atom is -0.480 e. The Balaban J connectivity index is -0.00000255. The topological polar surface area (TPSA) is 154 Å². The lowest BCUT2D eigenvalue weighted by Crippen LogP contribution is -2.49. The molecule has 3 amide bonds. The summed E-state index contributed by atoms with van der Waals surface area (Å²) in [4.78, 5) is 59.3. The Bertz CT molecular complexity index is 691. The van der Waals surface area contributed by atoms with E-state index in [9.17, 15) is 29.1 Å². The van der Waals surface area contributed by atoms with E-state index in [0.717, 1.165) is 5.75 Å². The number of carboxylic acid groups (broad SMARTS) is 1. The van der Waals surface area contributed by atoms with Gasteiger partial charge in [0.05, 0.1) is 12.6 Å². The molecule has 2 unspecified atom stereocenters. The summed E-state index contributed by atoms with van der Waals surface area (Å²) in [6.07, 6.45) is 7.33. The highest BCUT2D eigenvalue weighted by atomic mass is 32.2. The first kappa shape index (κ1) is 42.3. The van der Waals surface area contributed by atoms with Crippen LogP contribution in [0.3, 0.4) is 0 Å². The molecule has 0 aliphatic rings. The van der Waals surface area contributed by atoms with Crippen molar-refractivity contribution >= 4 is 41.2 Å². The molecule has 0 aliphatic carbocycles. The SMILES string of the molecule is CC.CCC.CCNC(CCSC)C(=O)NCC(=O)NC(CCCCNC(=O)CCCCC(=O)C(C)C)C(=O)O. The summed E-state index contributed by atoms with van der Waals surface area (Å²) in [5.41, 5.74) is 0. The summed E-state index contributed by atoms with van der Waals surface area (Å²) in [6.45, 7) is 14.6. The molecule has 0 heterocycles. The van der Waals surface area contributed by atoms with Crippen LogP contribution in [0.15, 0.2) is 0 Å². The molecule has 0 bridgehead atoms. The Morgan fingerprint density at radius 3 is 1.93 bits per heavy atom. The summed E-state index contributed by atoms with van der Waals surface area (Å²) in [5, 5.41) is 20.3. The summed E-state index contributed by atoms with van der Waals surface area (Å²) >= 11 is 1.63. The van der Waals surface area contributed by atoms with Crippen LogP contribution in [-0.4, -0.2) is 78.3 Å². The van der Waals surface area contributed by atoms with Gasteiger partial charge in [0.25, 0.3) is 0 Å². The number of rotatable bonds is 21. The molecule has 0 aliphatic heterocycles. The number of hydrogen-bond donors (Lipinski definition) is 5. The Hall–Kier alpha value is -2.14. The van der Waals surface area contributed by atoms with Crippen LogP contribution in [0, 0.1) is 5.92 Å². The molecule has 0 aromatic rings.